The quantitative estimate of drug-likeness (QED) is 0.813. The van der Waals surface area contributed by atoms with Gasteiger partial charge in [-0.05, 0) is 43.5 Å². The molecule has 0 unspecified atom stereocenters. The molecule has 7 nitrogen and oxygen atoms in total. The molecule has 0 spiro atoms. The van der Waals surface area contributed by atoms with Crippen molar-refractivity contribution in [3.63, 3.8) is 0 Å². The number of hydrogen-bond donors (Lipinski definition) is 1. The average Bonchev–Trinajstić information content (AvgIpc) is 3.35. The number of amides is 2. The van der Waals surface area contributed by atoms with Gasteiger partial charge in [-0.15, -0.1) is 0 Å². The van der Waals surface area contributed by atoms with Crippen molar-refractivity contribution in [1.82, 2.24) is 14.7 Å². The normalized spacial score (nSPS) is 26.0. The highest BCUT2D eigenvalue weighted by molar-refractivity contribution is 5.86. The van der Waals surface area contributed by atoms with Crippen molar-refractivity contribution in [3.8, 4) is 5.75 Å². The monoisotopic (exact) mass is 419 g/mol. The highest BCUT2D eigenvalue weighted by Crippen LogP contribution is 2.27. The Hall–Kier alpha value is -2.35. The van der Waals surface area contributed by atoms with Crippen molar-refractivity contribution >= 4 is 12.0 Å². The maximum Gasteiger partial charge on any atom is 0.408 e. The van der Waals surface area contributed by atoms with Gasteiger partial charge in [0.25, 0.3) is 0 Å². The molecule has 2 atom stereocenters. The summed E-state index contributed by atoms with van der Waals surface area (Å²) in [6.45, 7) is 3.28. The summed E-state index contributed by atoms with van der Waals surface area (Å²) in [5.74, 6) is -0.0144. The van der Waals surface area contributed by atoms with Gasteiger partial charge < -0.3 is 14.7 Å². The van der Waals surface area contributed by atoms with Gasteiger partial charge in [0.15, 0.2) is 0 Å². The first-order valence-electron chi connectivity index (χ1n) is 11.0. The van der Waals surface area contributed by atoms with E-state index in [1.54, 1.807) is 0 Å². The number of ether oxygens (including phenoxy) is 1. The molecule has 2 heterocycles. The van der Waals surface area contributed by atoms with E-state index < -0.39 is 18.2 Å². The number of likely N-dealkylation sites (tertiary alicyclic amines) is 1. The van der Waals surface area contributed by atoms with E-state index in [1.165, 1.54) is 54.8 Å². The molecule has 2 aliphatic heterocycles. The van der Waals surface area contributed by atoms with Crippen molar-refractivity contribution in [2.24, 2.45) is 0 Å². The van der Waals surface area contributed by atoms with Crippen LogP contribution < -0.4 is 4.74 Å². The molecule has 8 heteroatoms. The Balaban J connectivity index is 1.38. The van der Waals surface area contributed by atoms with Crippen LogP contribution in [0, 0.1) is 5.82 Å². The molecular formula is C22H30FN3O4. The van der Waals surface area contributed by atoms with Crippen LogP contribution in [0.15, 0.2) is 24.3 Å². The van der Waals surface area contributed by atoms with E-state index in [9.17, 15) is 19.1 Å². The minimum atomic E-state index is -1.11. The molecule has 0 bridgehead atoms. The van der Waals surface area contributed by atoms with Crippen molar-refractivity contribution in [3.05, 3.63) is 30.1 Å². The number of nitrogens with zero attached hydrogens (tertiary/aromatic N) is 3. The van der Waals surface area contributed by atoms with E-state index in [1.807, 2.05) is 4.90 Å². The second-order valence-corrected chi connectivity index (χ2v) is 8.53. The Morgan fingerprint density at radius 2 is 1.73 bits per heavy atom. The van der Waals surface area contributed by atoms with Crippen LogP contribution in [-0.4, -0.2) is 82.7 Å². The number of rotatable bonds is 4. The fourth-order valence-electron chi connectivity index (χ4n) is 5.04. The molecule has 2 saturated heterocycles. The highest BCUT2D eigenvalue weighted by Gasteiger charge is 2.43. The molecule has 3 fully saturated rings. The molecule has 1 aliphatic carbocycles. The average molecular weight is 419 g/mol. The summed E-state index contributed by atoms with van der Waals surface area (Å²) in [4.78, 5) is 30.5. The third-order valence-corrected chi connectivity index (χ3v) is 6.59. The molecule has 3 aliphatic rings. The Morgan fingerprint density at radius 3 is 2.43 bits per heavy atom. The largest absolute Gasteiger partial charge is 0.488 e. The van der Waals surface area contributed by atoms with E-state index in [0.29, 0.717) is 31.3 Å². The molecule has 2 amide bonds. The summed E-state index contributed by atoms with van der Waals surface area (Å²) in [6.07, 6.45) is 4.74. The molecule has 30 heavy (non-hydrogen) atoms. The summed E-state index contributed by atoms with van der Waals surface area (Å²) in [6, 6.07) is 5.54. The molecule has 0 radical (unpaired) electrons. The van der Waals surface area contributed by atoms with Gasteiger partial charge in [-0.2, -0.15) is 0 Å². The maximum absolute atomic E-state index is 13.2. The third-order valence-electron chi connectivity index (χ3n) is 6.59. The lowest BCUT2D eigenvalue weighted by molar-refractivity contribution is -0.135. The number of halogens is 1. The lowest BCUT2D eigenvalue weighted by atomic mass is 10.1. The summed E-state index contributed by atoms with van der Waals surface area (Å²) in [7, 11) is 0. The number of hydrogen-bond acceptors (Lipinski definition) is 4. The van der Waals surface area contributed by atoms with Crippen molar-refractivity contribution in [2.75, 3.05) is 32.7 Å². The molecule has 1 aromatic carbocycles. The van der Waals surface area contributed by atoms with Crippen molar-refractivity contribution in [2.45, 2.75) is 56.7 Å². The number of carbonyl (C=O) groups excluding carboxylic acids is 1. The van der Waals surface area contributed by atoms with Crippen LogP contribution in [0.25, 0.3) is 0 Å². The Bertz CT molecular complexity index is 753. The van der Waals surface area contributed by atoms with E-state index in [0.717, 1.165) is 19.5 Å². The standard InChI is InChI=1S/C22H30FN3O4/c23-16-6-8-18(9-7-16)30-19-14-20(26(15-19)22(28)29)21(27)25-11-3-10-24(12-13-25)17-4-1-2-5-17/h6-9,17,19-20H,1-5,10-15H2,(H,28,29)/t19-,20+/m0/s1. The van der Waals surface area contributed by atoms with Gasteiger partial charge >= 0.3 is 6.09 Å². The van der Waals surface area contributed by atoms with Crippen LogP contribution in [0.3, 0.4) is 0 Å². The van der Waals surface area contributed by atoms with Crippen LogP contribution in [-0.2, 0) is 4.79 Å². The van der Waals surface area contributed by atoms with Crippen LogP contribution in [0.2, 0.25) is 0 Å². The van der Waals surface area contributed by atoms with Gasteiger partial charge in [0, 0.05) is 38.6 Å². The molecule has 4 rings (SSSR count). The van der Waals surface area contributed by atoms with E-state index in [4.69, 9.17) is 4.74 Å². The highest BCUT2D eigenvalue weighted by atomic mass is 19.1. The first-order chi connectivity index (χ1) is 14.5. The zero-order valence-corrected chi connectivity index (χ0v) is 17.2. The predicted octanol–water partition coefficient (Wildman–Crippen LogP) is 2.80. The van der Waals surface area contributed by atoms with Gasteiger partial charge in [0.2, 0.25) is 5.91 Å². The summed E-state index contributed by atoms with van der Waals surface area (Å²) in [5, 5.41) is 9.63. The van der Waals surface area contributed by atoms with E-state index in [-0.39, 0.29) is 18.3 Å². The Morgan fingerprint density at radius 1 is 1.00 bits per heavy atom. The first-order valence-corrected chi connectivity index (χ1v) is 11.0. The van der Waals surface area contributed by atoms with Gasteiger partial charge in [-0.25, -0.2) is 9.18 Å². The predicted molar refractivity (Wildman–Crippen MR) is 109 cm³/mol. The second kappa shape index (κ2) is 9.20. The zero-order valence-electron chi connectivity index (χ0n) is 17.2. The van der Waals surface area contributed by atoms with Crippen LogP contribution in [0.1, 0.15) is 38.5 Å². The van der Waals surface area contributed by atoms with E-state index in [2.05, 4.69) is 4.90 Å². The fourth-order valence-corrected chi connectivity index (χ4v) is 5.04. The minimum Gasteiger partial charge on any atom is -0.488 e. The number of carboxylic acid groups (broad SMARTS) is 1. The van der Waals surface area contributed by atoms with Crippen LogP contribution in [0.4, 0.5) is 9.18 Å². The topological polar surface area (TPSA) is 73.3 Å². The molecule has 1 saturated carbocycles. The summed E-state index contributed by atoms with van der Waals surface area (Å²) < 4.78 is 18.9. The van der Waals surface area contributed by atoms with Gasteiger partial charge in [-0.1, -0.05) is 12.8 Å². The molecule has 0 aromatic heterocycles. The van der Waals surface area contributed by atoms with Gasteiger partial charge in [0.05, 0.1) is 6.54 Å². The Kier molecular flexibility index (Phi) is 6.41. The first kappa shape index (κ1) is 20.9. The molecule has 1 aromatic rings. The molecule has 164 valence electrons. The molecule has 1 N–H and O–H groups in total. The number of benzene rings is 1. The van der Waals surface area contributed by atoms with Gasteiger partial charge in [0.1, 0.15) is 23.7 Å². The van der Waals surface area contributed by atoms with Crippen LogP contribution >= 0.6 is 0 Å². The third kappa shape index (κ3) is 4.69. The lowest BCUT2D eigenvalue weighted by Gasteiger charge is -2.29. The smallest absolute Gasteiger partial charge is 0.408 e. The second-order valence-electron chi connectivity index (χ2n) is 8.53. The maximum atomic E-state index is 13.2. The lowest BCUT2D eigenvalue weighted by Crippen LogP contribution is -2.48. The fraction of sp³-hybridized carbons (Fsp3) is 0.636. The number of carbonyl (C=O) groups is 2. The van der Waals surface area contributed by atoms with Gasteiger partial charge in [-0.3, -0.25) is 14.6 Å². The van der Waals surface area contributed by atoms with Crippen molar-refractivity contribution < 1.29 is 23.8 Å². The zero-order chi connectivity index (χ0) is 21.1. The van der Waals surface area contributed by atoms with E-state index >= 15 is 0 Å². The van der Waals surface area contributed by atoms with Crippen molar-refractivity contribution in [1.29, 1.82) is 0 Å². The molecular weight excluding hydrogens is 389 g/mol. The summed E-state index contributed by atoms with van der Waals surface area (Å²) in [5.41, 5.74) is 0. The van der Waals surface area contributed by atoms with Crippen LogP contribution in [0.5, 0.6) is 5.75 Å². The minimum absolute atomic E-state index is 0.129. The SMILES string of the molecule is O=C([C@H]1C[C@H](Oc2ccc(F)cc2)CN1C(=O)O)N1CCCN(C2CCCC2)CC1. The Labute approximate surface area is 176 Å². The summed E-state index contributed by atoms with van der Waals surface area (Å²) >= 11 is 0.